The lowest BCUT2D eigenvalue weighted by Crippen LogP contribution is -2.52. The van der Waals surface area contributed by atoms with Crippen LogP contribution >= 0.6 is 11.6 Å². The summed E-state index contributed by atoms with van der Waals surface area (Å²) in [7, 11) is 1.60. The molecule has 0 radical (unpaired) electrons. The second-order valence-corrected chi connectivity index (χ2v) is 4.52. The number of hydrogen-bond acceptors (Lipinski definition) is 2. The van der Waals surface area contributed by atoms with E-state index in [4.69, 9.17) is 11.6 Å². The second-order valence-electron chi connectivity index (χ2n) is 4.21. The van der Waals surface area contributed by atoms with Crippen LogP contribution in [-0.4, -0.2) is 42.2 Å². The first-order valence-electron chi connectivity index (χ1n) is 5.69. The number of alkyl halides is 1. The van der Waals surface area contributed by atoms with E-state index in [-0.39, 0.29) is 23.8 Å². The van der Waals surface area contributed by atoms with Crippen molar-refractivity contribution in [3.63, 3.8) is 0 Å². The van der Waals surface area contributed by atoms with E-state index in [2.05, 4.69) is 5.32 Å². The third-order valence-electron chi connectivity index (χ3n) is 2.99. The zero-order valence-electron chi connectivity index (χ0n) is 9.83. The van der Waals surface area contributed by atoms with E-state index < -0.39 is 0 Å². The average molecular weight is 247 g/mol. The van der Waals surface area contributed by atoms with Crippen LogP contribution in [-0.2, 0) is 9.59 Å². The van der Waals surface area contributed by atoms with Crippen molar-refractivity contribution in [1.29, 1.82) is 0 Å². The molecule has 1 heterocycles. The summed E-state index contributed by atoms with van der Waals surface area (Å²) in [5.41, 5.74) is 0. The van der Waals surface area contributed by atoms with Gasteiger partial charge in [0.05, 0.1) is 0 Å². The molecule has 1 saturated heterocycles. The topological polar surface area (TPSA) is 49.4 Å². The van der Waals surface area contributed by atoms with Gasteiger partial charge in [0.15, 0.2) is 0 Å². The first-order valence-corrected chi connectivity index (χ1v) is 6.23. The molecule has 0 saturated carbocycles. The highest BCUT2D eigenvalue weighted by molar-refractivity contribution is 6.19. The molecule has 2 unspecified atom stereocenters. The summed E-state index contributed by atoms with van der Waals surface area (Å²) in [6.45, 7) is 2.46. The fourth-order valence-electron chi connectivity index (χ4n) is 1.98. The first kappa shape index (κ1) is 13.3. The van der Waals surface area contributed by atoms with Crippen LogP contribution in [0, 0.1) is 5.92 Å². The fraction of sp³-hybridized carbons (Fsp3) is 0.818. The molecule has 1 aliphatic rings. The molecule has 16 heavy (non-hydrogen) atoms. The minimum Gasteiger partial charge on any atom is -0.357 e. The lowest BCUT2D eigenvalue weighted by molar-refractivity contribution is -0.144. The molecule has 2 amide bonds. The van der Waals surface area contributed by atoms with Gasteiger partial charge in [0.25, 0.3) is 0 Å². The Morgan fingerprint density at radius 1 is 1.50 bits per heavy atom. The van der Waals surface area contributed by atoms with Crippen molar-refractivity contribution in [2.24, 2.45) is 5.92 Å². The van der Waals surface area contributed by atoms with Crippen molar-refractivity contribution in [2.45, 2.75) is 32.2 Å². The van der Waals surface area contributed by atoms with Gasteiger partial charge in [-0.2, -0.15) is 0 Å². The summed E-state index contributed by atoms with van der Waals surface area (Å²) in [6, 6.07) is -0.308. The minimum absolute atomic E-state index is 0.0108. The van der Waals surface area contributed by atoms with E-state index in [0.717, 1.165) is 19.3 Å². The molecule has 1 rings (SSSR count). The molecule has 2 atom stereocenters. The number of nitrogens with one attached hydrogen (secondary N) is 1. The highest BCUT2D eigenvalue weighted by Gasteiger charge is 2.33. The smallest absolute Gasteiger partial charge is 0.242 e. The zero-order valence-corrected chi connectivity index (χ0v) is 10.6. The van der Waals surface area contributed by atoms with E-state index in [0.29, 0.717) is 12.4 Å². The van der Waals surface area contributed by atoms with Crippen molar-refractivity contribution in [2.75, 3.05) is 19.5 Å². The number of hydrogen-bond donors (Lipinski definition) is 1. The van der Waals surface area contributed by atoms with Crippen LogP contribution in [0.15, 0.2) is 0 Å². The third-order valence-corrected chi connectivity index (χ3v) is 3.45. The maximum absolute atomic E-state index is 12.0. The van der Waals surface area contributed by atoms with Gasteiger partial charge in [-0.3, -0.25) is 9.59 Å². The summed E-state index contributed by atoms with van der Waals surface area (Å²) in [6.07, 6.45) is 2.71. The SMILES string of the molecule is CNC(=O)C1CCCCN1C(=O)C(C)CCl. The molecule has 0 spiro atoms. The number of nitrogens with zero attached hydrogens (tertiary/aromatic N) is 1. The predicted octanol–water partition coefficient (Wildman–Crippen LogP) is 0.988. The van der Waals surface area contributed by atoms with Crippen LogP contribution in [0.1, 0.15) is 26.2 Å². The Balaban J connectivity index is 2.73. The molecule has 4 nitrogen and oxygen atoms in total. The second kappa shape index (κ2) is 6.09. The quantitative estimate of drug-likeness (QED) is 0.755. The number of halogens is 1. The molecular weight excluding hydrogens is 228 g/mol. The highest BCUT2D eigenvalue weighted by Crippen LogP contribution is 2.19. The predicted molar refractivity (Wildman–Crippen MR) is 63.3 cm³/mol. The number of carbonyl (C=O) groups is 2. The van der Waals surface area contributed by atoms with Gasteiger partial charge in [0, 0.05) is 25.4 Å². The Morgan fingerprint density at radius 2 is 2.19 bits per heavy atom. The van der Waals surface area contributed by atoms with Crippen molar-refractivity contribution in [1.82, 2.24) is 10.2 Å². The first-order chi connectivity index (χ1) is 7.61. The molecule has 5 heteroatoms. The molecular formula is C11H19ClN2O2. The lowest BCUT2D eigenvalue weighted by Gasteiger charge is -2.35. The molecule has 1 aliphatic heterocycles. The Kier molecular flexibility index (Phi) is 5.06. The van der Waals surface area contributed by atoms with Crippen LogP contribution in [0.2, 0.25) is 0 Å². The third kappa shape index (κ3) is 2.88. The Labute approximate surface area is 101 Å². The van der Waals surface area contributed by atoms with Crippen molar-refractivity contribution in [3.05, 3.63) is 0 Å². The summed E-state index contributed by atoms with van der Waals surface area (Å²) in [5, 5.41) is 2.61. The molecule has 0 aromatic carbocycles. The van der Waals surface area contributed by atoms with E-state index in [1.54, 1.807) is 18.9 Å². The number of rotatable bonds is 3. The van der Waals surface area contributed by atoms with Gasteiger partial charge >= 0.3 is 0 Å². The van der Waals surface area contributed by atoms with E-state index in [1.165, 1.54) is 0 Å². The number of likely N-dealkylation sites (tertiary alicyclic amines) is 1. The Morgan fingerprint density at radius 3 is 2.75 bits per heavy atom. The summed E-state index contributed by atoms with van der Waals surface area (Å²) in [4.78, 5) is 25.4. The summed E-state index contributed by atoms with van der Waals surface area (Å²) in [5.74, 6) is 0.000502. The van der Waals surface area contributed by atoms with Gasteiger partial charge in [-0.25, -0.2) is 0 Å². The number of likely N-dealkylation sites (N-methyl/N-ethyl adjacent to an activating group) is 1. The number of amides is 2. The molecule has 1 fully saturated rings. The van der Waals surface area contributed by atoms with Crippen molar-refractivity contribution in [3.8, 4) is 0 Å². The molecule has 92 valence electrons. The van der Waals surface area contributed by atoms with Crippen LogP contribution < -0.4 is 5.32 Å². The minimum atomic E-state index is -0.308. The lowest BCUT2D eigenvalue weighted by atomic mass is 9.99. The number of carbonyl (C=O) groups excluding carboxylic acids is 2. The normalized spacial score (nSPS) is 22.7. The van der Waals surface area contributed by atoms with Crippen LogP contribution in [0.25, 0.3) is 0 Å². The van der Waals surface area contributed by atoms with Crippen LogP contribution in [0.4, 0.5) is 0 Å². The highest BCUT2D eigenvalue weighted by atomic mass is 35.5. The molecule has 0 aromatic rings. The van der Waals surface area contributed by atoms with E-state index in [1.807, 2.05) is 0 Å². The van der Waals surface area contributed by atoms with Gasteiger partial charge in [-0.05, 0) is 19.3 Å². The van der Waals surface area contributed by atoms with Crippen molar-refractivity contribution < 1.29 is 9.59 Å². The van der Waals surface area contributed by atoms with Gasteiger partial charge in [-0.1, -0.05) is 6.92 Å². The average Bonchev–Trinajstić information content (AvgIpc) is 2.35. The number of piperidine rings is 1. The Hall–Kier alpha value is -0.770. The fourth-order valence-corrected chi connectivity index (χ4v) is 2.12. The van der Waals surface area contributed by atoms with Gasteiger partial charge in [0.2, 0.25) is 11.8 Å². The Bertz CT molecular complexity index is 271. The van der Waals surface area contributed by atoms with E-state index >= 15 is 0 Å². The molecule has 1 N–H and O–H groups in total. The zero-order chi connectivity index (χ0) is 12.1. The standard InChI is InChI=1S/C11H19ClN2O2/c1-8(7-12)11(16)14-6-4-3-5-9(14)10(15)13-2/h8-9H,3-7H2,1-2H3,(H,13,15). The van der Waals surface area contributed by atoms with Gasteiger partial charge in [0.1, 0.15) is 6.04 Å². The summed E-state index contributed by atoms with van der Waals surface area (Å²) >= 11 is 5.68. The van der Waals surface area contributed by atoms with Gasteiger partial charge < -0.3 is 10.2 Å². The van der Waals surface area contributed by atoms with Crippen LogP contribution in [0.3, 0.4) is 0 Å². The molecule has 0 aliphatic carbocycles. The molecule has 0 aromatic heterocycles. The van der Waals surface area contributed by atoms with Gasteiger partial charge in [-0.15, -0.1) is 11.6 Å². The maximum Gasteiger partial charge on any atom is 0.242 e. The maximum atomic E-state index is 12.0. The monoisotopic (exact) mass is 246 g/mol. The summed E-state index contributed by atoms with van der Waals surface area (Å²) < 4.78 is 0. The van der Waals surface area contributed by atoms with Crippen LogP contribution in [0.5, 0.6) is 0 Å². The van der Waals surface area contributed by atoms with E-state index in [9.17, 15) is 9.59 Å². The van der Waals surface area contributed by atoms with Crippen molar-refractivity contribution >= 4 is 23.4 Å². The molecule has 0 bridgehead atoms. The largest absolute Gasteiger partial charge is 0.357 e.